The van der Waals surface area contributed by atoms with E-state index in [1.54, 1.807) is 7.11 Å². The van der Waals surface area contributed by atoms with Crippen LogP contribution in [0, 0.1) is 11.8 Å². The van der Waals surface area contributed by atoms with Gasteiger partial charge in [0.15, 0.2) is 0 Å². The molecule has 4 heteroatoms. The average Bonchev–Trinajstić information content (AvgIpc) is 2.27. The maximum Gasteiger partial charge on any atom is 0.235 e. The third-order valence-corrected chi connectivity index (χ3v) is 4.21. The molecule has 0 spiro atoms. The van der Waals surface area contributed by atoms with Crippen molar-refractivity contribution >= 4 is 18.5 Å². The molecule has 0 aromatic heterocycles. The second kappa shape index (κ2) is 5.92. The van der Waals surface area contributed by atoms with E-state index in [1.165, 1.54) is 0 Å². The average molecular weight is 245 g/mol. The Bertz CT molecular complexity index is 245. The van der Waals surface area contributed by atoms with Crippen molar-refractivity contribution in [2.24, 2.45) is 11.8 Å². The van der Waals surface area contributed by atoms with Crippen molar-refractivity contribution in [2.75, 3.05) is 20.2 Å². The highest BCUT2D eigenvalue weighted by Crippen LogP contribution is 2.22. The molecule has 1 rings (SSSR count). The van der Waals surface area contributed by atoms with Crippen LogP contribution in [0.1, 0.15) is 27.2 Å². The lowest BCUT2D eigenvalue weighted by atomic mass is 9.95. The van der Waals surface area contributed by atoms with Gasteiger partial charge in [0.25, 0.3) is 0 Å². The highest BCUT2D eigenvalue weighted by Gasteiger charge is 2.31. The van der Waals surface area contributed by atoms with Gasteiger partial charge in [0.05, 0.1) is 11.4 Å². The largest absolute Gasteiger partial charge is 0.379 e. The van der Waals surface area contributed by atoms with Crippen LogP contribution in [0.15, 0.2) is 0 Å². The van der Waals surface area contributed by atoms with Crippen molar-refractivity contribution in [1.29, 1.82) is 0 Å². The summed E-state index contributed by atoms with van der Waals surface area (Å²) >= 11 is 4.38. The minimum absolute atomic E-state index is 0.146. The van der Waals surface area contributed by atoms with Gasteiger partial charge < -0.3 is 9.64 Å². The van der Waals surface area contributed by atoms with E-state index < -0.39 is 0 Å². The number of ether oxygens (including phenoxy) is 1. The molecule has 0 aromatic carbocycles. The van der Waals surface area contributed by atoms with Crippen LogP contribution in [-0.2, 0) is 9.53 Å². The number of hydrogen-bond donors (Lipinski definition) is 1. The summed E-state index contributed by atoms with van der Waals surface area (Å²) < 4.78 is 5.41. The molecule has 16 heavy (non-hydrogen) atoms. The normalized spacial score (nSPS) is 28.2. The number of rotatable bonds is 3. The van der Waals surface area contributed by atoms with Gasteiger partial charge in [0.2, 0.25) is 5.91 Å². The fourth-order valence-electron chi connectivity index (χ4n) is 2.01. The first-order chi connectivity index (χ1) is 7.47. The van der Waals surface area contributed by atoms with Crippen LogP contribution in [0.2, 0.25) is 0 Å². The van der Waals surface area contributed by atoms with E-state index in [1.807, 2.05) is 18.7 Å². The van der Waals surface area contributed by atoms with Gasteiger partial charge in [-0.3, -0.25) is 4.79 Å². The van der Waals surface area contributed by atoms with Crippen LogP contribution in [0.25, 0.3) is 0 Å². The van der Waals surface area contributed by atoms with Crippen LogP contribution >= 0.6 is 12.6 Å². The van der Waals surface area contributed by atoms with Gasteiger partial charge in [-0.05, 0) is 18.3 Å². The molecular weight excluding hydrogens is 222 g/mol. The lowest BCUT2D eigenvalue weighted by Crippen LogP contribution is -2.49. The van der Waals surface area contributed by atoms with Gasteiger partial charge in [-0.25, -0.2) is 0 Å². The zero-order chi connectivity index (χ0) is 12.3. The lowest BCUT2D eigenvalue weighted by Gasteiger charge is -2.37. The SMILES string of the molecule is COC1CN(C(=O)C(S)C(C)C)CCC1C. The topological polar surface area (TPSA) is 29.5 Å². The standard InChI is InChI=1S/C12H23NO2S/c1-8(2)11(16)12(14)13-6-5-9(3)10(7-13)15-4/h8-11,16H,5-7H2,1-4H3. The van der Waals surface area contributed by atoms with Gasteiger partial charge in [-0.1, -0.05) is 20.8 Å². The van der Waals surface area contributed by atoms with E-state index in [0.717, 1.165) is 13.0 Å². The molecule has 3 nitrogen and oxygen atoms in total. The molecule has 1 heterocycles. The smallest absolute Gasteiger partial charge is 0.235 e. The second-order valence-electron chi connectivity index (χ2n) is 5.01. The molecule has 0 saturated carbocycles. The summed E-state index contributed by atoms with van der Waals surface area (Å²) in [5.74, 6) is 0.954. The summed E-state index contributed by atoms with van der Waals surface area (Å²) in [6.07, 6.45) is 1.19. The van der Waals surface area contributed by atoms with Crippen LogP contribution in [0.3, 0.4) is 0 Å². The number of amides is 1. The molecule has 3 atom stereocenters. The summed E-state index contributed by atoms with van der Waals surface area (Å²) in [4.78, 5) is 14.0. The van der Waals surface area contributed by atoms with E-state index in [0.29, 0.717) is 12.5 Å². The predicted molar refractivity (Wildman–Crippen MR) is 68.8 cm³/mol. The van der Waals surface area contributed by atoms with E-state index in [9.17, 15) is 4.79 Å². The number of carbonyl (C=O) groups is 1. The van der Waals surface area contributed by atoms with Crippen molar-refractivity contribution in [3.05, 3.63) is 0 Å². The van der Waals surface area contributed by atoms with Crippen molar-refractivity contribution in [1.82, 2.24) is 4.90 Å². The number of likely N-dealkylation sites (tertiary alicyclic amines) is 1. The first-order valence-corrected chi connectivity index (χ1v) is 6.48. The second-order valence-corrected chi connectivity index (χ2v) is 5.57. The Kier molecular flexibility index (Phi) is 5.12. The third-order valence-electron chi connectivity index (χ3n) is 3.39. The molecule has 1 saturated heterocycles. The highest BCUT2D eigenvalue weighted by atomic mass is 32.1. The van der Waals surface area contributed by atoms with Crippen LogP contribution in [0.5, 0.6) is 0 Å². The number of carbonyl (C=O) groups excluding carboxylic acids is 1. The molecule has 1 aliphatic rings. The van der Waals surface area contributed by atoms with Gasteiger partial charge in [-0.15, -0.1) is 0 Å². The highest BCUT2D eigenvalue weighted by molar-refractivity contribution is 7.81. The van der Waals surface area contributed by atoms with Crippen molar-refractivity contribution in [3.8, 4) is 0 Å². The van der Waals surface area contributed by atoms with Gasteiger partial charge >= 0.3 is 0 Å². The molecule has 0 bridgehead atoms. The maximum atomic E-state index is 12.1. The molecule has 1 amide bonds. The molecule has 0 aliphatic carbocycles. The third kappa shape index (κ3) is 3.14. The Hall–Kier alpha value is -0.220. The van der Waals surface area contributed by atoms with E-state index in [4.69, 9.17) is 4.74 Å². The zero-order valence-electron chi connectivity index (χ0n) is 10.6. The molecule has 0 aromatic rings. The summed E-state index contributed by atoms with van der Waals surface area (Å²) in [6.45, 7) is 7.77. The van der Waals surface area contributed by atoms with Gasteiger partial charge in [-0.2, -0.15) is 12.6 Å². The monoisotopic (exact) mass is 245 g/mol. The van der Waals surface area contributed by atoms with E-state index in [2.05, 4.69) is 19.6 Å². The maximum absolute atomic E-state index is 12.1. The molecule has 1 fully saturated rings. The molecule has 94 valence electrons. The number of thiol groups is 1. The Morgan fingerprint density at radius 3 is 2.62 bits per heavy atom. The Morgan fingerprint density at radius 1 is 1.50 bits per heavy atom. The number of methoxy groups -OCH3 is 1. The molecular formula is C12H23NO2S. The van der Waals surface area contributed by atoms with Crippen LogP contribution in [0.4, 0.5) is 0 Å². The van der Waals surface area contributed by atoms with Crippen molar-refractivity contribution in [2.45, 2.75) is 38.5 Å². The number of hydrogen-bond acceptors (Lipinski definition) is 3. The minimum atomic E-state index is -0.189. The minimum Gasteiger partial charge on any atom is -0.379 e. The fraction of sp³-hybridized carbons (Fsp3) is 0.917. The van der Waals surface area contributed by atoms with Crippen LogP contribution < -0.4 is 0 Å². The first-order valence-electron chi connectivity index (χ1n) is 5.97. The number of piperidine rings is 1. The summed E-state index contributed by atoms with van der Waals surface area (Å²) in [6, 6.07) is 0. The number of nitrogens with zero attached hydrogens (tertiary/aromatic N) is 1. The Balaban J connectivity index is 2.58. The zero-order valence-corrected chi connectivity index (χ0v) is 11.5. The van der Waals surface area contributed by atoms with Gasteiger partial charge in [0.1, 0.15) is 0 Å². The van der Waals surface area contributed by atoms with E-state index >= 15 is 0 Å². The molecule has 1 aliphatic heterocycles. The summed E-state index contributed by atoms with van der Waals surface area (Å²) in [5, 5.41) is -0.189. The fourth-order valence-corrected chi connectivity index (χ4v) is 2.18. The van der Waals surface area contributed by atoms with Crippen molar-refractivity contribution < 1.29 is 9.53 Å². The van der Waals surface area contributed by atoms with Crippen molar-refractivity contribution in [3.63, 3.8) is 0 Å². The van der Waals surface area contributed by atoms with Gasteiger partial charge in [0, 0.05) is 20.2 Å². The first kappa shape index (κ1) is 13.8. The van der Waals surface area contributed by atoms with Crippen LogP contribution in [-0.4, -0.2) is 42.4 Å². The summed E-state index contributed by atoms with van der Waals surface area (Å²) in [5.41, 5.74) is 0. The Labute approximate surface area is 104 Å². The molecule has 0 N–H and O–H groups in total. The Morgan fingerprint density at radius 2 is 2.12 bits per heavy atom. The molecule has 0 radical (unpaired) electrons. The lowest BCUT2D eigenvalue weighted by molar-refractivity contribution is -0.136. The van der Waals surface area contributed by atoms with E-state index in [-0.39, 0.29) is 23.2 Å². The quantitative estimate of drug-likeness (QED) is 0.769. The predicted octanol–water partition coefficient (Wildman–Crippen LogP) is 1.82. The summed E-state index contributed by atoms with van der Waals surface area (Å²) in [7, 11) is 1.72. The molecule has 3 unspecified atom stereocenters.